The number of alkyl halides is 6. The van der Waals surface area contributed by atoms with Crippen LogP contribution in [-0.2, 0) is 19.1 Å². The zero-order valence-electron chi connectivity index (χ0n) is 31.6. The lowest BCUT2D eigenvalue weighted by molar-refractivity contribution is -0.173. The summed E-state index contributed by atoms with van der Waals surface area (Å²) >= 11 is 0. The third-order valence-corrected chi connectivity index (χ3v) is 8.67. The van der Waals surface area contributed by atoms with Crippen LogP contribution in [0.1, 0.15) is 73.5 Å². The molecule has 2 aliphatic rings. The number of nitrogens with one attached hydrogen (secondary N) is 3. The molecule has 0 aliphatic carbocycles. The summed E-state index contributed by atoms with van der Waals surface area (Å²) in [5, 5.41) is 25.6. The summed E-state index contributed by atoms with van der Waals surface area (Å²) in [7, 11) is 0. The fourth-order valence-electron chi connectivity index (χ4n) is 5.65. The number of rotatable bonds is 8. The largest absolute Gasteiger partial charge is 0.471 e. The van der Waals surface area contributed by atoms with Crippen molar-refractivity contribution in [2.75, 3.05) is 24.1 Å². The molecule has 2 aliphatic heterocycles. The summed E-state index contributed by atoms with van der Waals surface area (Å²) in [6.45, 7) is 2.44. The van der Waals surface area contributed by atoms with Gasteiger partial charge in [0.2, 0.25) is 0 Å². The van der Waals surface area contributed by atoms with Crippen LogP contribution in [0.4, 0.5) is 38.0 Å². The second kappa shape index (κ2) is 20.1. The molecular formula is C37H38F6N8O9. The van der Waals surface area contributed by atoms with Crippen molar-refractivity contribution in [2.45, 2.75) is 88.8 Å². The molecule has 0 bridgehead atoms. The topological polar surface area (TPSA) is 242 Å². The number of carbonyl (C=O) groups is 3. The van der Waals surface area contributed by atoms with Crippen LogP contribution in [0.25, 0.3) is 0 Å². The van der Waals surface area contributed by atoms with E-state index in [4.69, 9.17) is 15.2 Å². The van der Waals surface area contributed by atoms with Gasteiger partial charge in [0.25, 0.3) is 5.91 Å². The summed E-state index contributed by atoms with van der Waals surface area (Å²) < 4.78 is 86.7. The van der Waals surface area contributed by atoms with Crippen molar-refractivity contribution in [1.82, 2.24) is 29.7 Å². The number of aliphatic hydroxyl groups excluding tert-OH is 2. The Morgan fingerprint density at radius 2 is 1.23 bits per heavy atom. The van der Waals surface area contributed by atoms with Crippen LogP contribution in [0.5, 0.6) is 0 Å². The standard InChI is InChI=1S/C22H21F3N4O5.C15H17F3N4O4/c1-2-16-15(30)11-17(34-16)29-12-14(9-6-10-26-20(32)22(23,24)25)18(28-21(29)33)27-19(31)13-7-4-3-5-8-13;1-2-10-9(23)6-11(26-10)22-7-8(12(19)21-14(22)25)4-3-5-20-13(24)15(16,17)18/h3-5,7-8,12,15-17,30H,2,10-11H2,1H3,(H,26,32)(H,27,28,31,33);7,9-11,23H,2,5-6H2,1H3,(H,20,24)(H2,19,21,25). The van der Waals surface area contributed by atoms with E-state index in [2.05, 4.69) is 39.0 Å². The summed E-state index contributed by atoms with van der Waals surface area (Å²) in [5.41, 5.74) is 4.48. The highest BCUT2D eigenvalue weighted by Gasteiger charge is 2.39. The average Bonchev–Trinajstić information content (AvgIpc) is 3.76. The molecule has 5 rings (SSSR count). The van der Waals surface area contributed by atoms with E-state index in [9.17, 15) is 60.5 Å². The zero-order valence-corrected chi connectivity index (χ0v) is 31.6. The Balaban J connectivity index is 0.000000275. The molecular weight excluding hydrogens is 814 g/mol. The monoisotopic (exact) mass is 852 g/mol. The van der Waals surface area contributed by atoms with Crippen molar-refractivity contribution in [3.8, 4) is 23.7 Å². The van der Waals surface area contributed by atoms with Gasteiger partial charge in [0.15, 0.2) is 5.82 Å². The molecule has 7 N–H and O–H groups in total. The first-order valence-corrected chi connectivity index (χ1v) is 18.0. The van der Waals surface area contributed by atoms with E-state index in [1.54, 1.807) is 28.8 Å². The third kappa shape index (κ3) is 12.4. The number of nitrogens with two attached hydrogens (primary N) is 1. The van der Waals surface area contributed by atoms with Gasteiger partial charge >= 0.3 is 35.5 Å². The van der Waals surface area contributed by atoms with E-state index in [1.807, 2.05) is 13.8 Å². The van der Waals surface area contributed by atoms with Crippen molar-refractivity contribution in [3.63, 3.8) is 0 Å². The van der Waals surface area contributed by atoms with Crippen LogP contribution in [0, 0.1) is 23.7 Å². The van der Waals surface area contributed by atoms with E-state index in [1.165, 1.54) is 24.5 Å². The van der Waals surface area contributed by atoms with Gasteiger partial charge in [-0.3, -0.25) is 23.5 Å². The van der Waals surface area contributed by atoms with Crippen LogP contribution >= 0.6 is 0 Å². The third-order valence-electron chi connectivity index (χ3n) is 8.67. The minimum absolute atomic E-state index is 0.00294. The first kappa shape index (κ1) is 46.4. The minimum atomic E-state index is -5.05. The van der Waals surface area contributed by atoms with Gasteiger partial charge in [-0.2, -0.15) is 36.3 Å². The van der Waals surface area contributed by atoms with Crippen molar-refractivity contribution < 1.29 is 60.4 Å². The quantitative estimate of drug-likeness (QED) is 0.140. The Kier molecular flexibility index (Phi) is 15.6. The number of hydrogen-bond donors (Lipinski definition) is 6. The van der Waals surface area contributed by atoms with Gasteiger partial charge in [-0.05, 0) is 25.0 Å². The Morgan fingerprint density at radius 1 is 0.783 bits per heavy atom. The van der Waals surface area contributed by atoms with Gasteiger partial charge in [0.05, 0.1) is 48.6 Å². The fourth-order valence-corrected chi connectivity index (χ4v) is 5.65. The first-order valence-electron chi connectivity index (χ1n) is 18.0. The van der Waals surface area contributed by atoms with Crippen LogP contribution < -0.4 is 33.1 Å². The summed E-state index contributed by atoms with van der Waals surface area (Å²) in [6.07, 6.45) is -10.2. The maximum absolute atomic E-state index is 12.6. The molecule has 3 amide bonds. The SMILES string of the molecule is CCC1OC(n2cc(C#CCNC(=O)C(F)(F)F)c(N)nc2=O)CC1O.CCC1OC(n2cc(C#CCNC(=O)C(F)(F)F)c(NC(=O)c3ccccc3)nc2=O)CC1O. The lowest BCUT2D eigenvalue weighted by Gasteiger charge is -2.16. The van der Waals surface area contributed by atoms with Gasteiger partial charge < -0.3 is 41.4 Å². The summed E-state index contributed by atoms with van der Waals surface area (Å²) in [5.74, 6) is 4.35. The predicted molar refractivity (Wildman–Crippen MR) is 197 cm³/mol. The molecule has 17 nitrogen and oxygen atoms in total. The molecule has 2 aromatic heterocycles. The molecule has 2 saturated heterocycles. The van der Waals surface area contributed by atoms with Crippen LogP contribution in [0.3, 0.4) is 0 Å². The Hall–Kier alpha value is -6.27. The van der Waals surface area contributed by atoms with Crippen LogP contribution in [0.15, 0.2) is 52.3 Å². The number of halogens is 6. The van der Waals surface area contributed by atoms with Crippen LogP contribution in [0.2, 0.25) is 0 Å². The van der Waals surface area contributed by atoms with Gasteiger partial charge in [-0.1, -0.05) is 55.7 Å². The van der Waals surface area contributed by atoms with E-state index in [-0.39, 0.29) is 41.2 Å². The zero-order chi connectivity index (χ0) is 44.4. The lowest BCUT2D eigenvalue weighted by Crippen LogP contribution is -2.36. The first-order chi connectivity index (χ1) is 28.2. The maximum atomic E-state index is 12.6. The van der Waals surface area contributed by atoms with Gasteiger partial charge in [-0.25, -0.2) is 9.59 Å². The highest BCUT2D eigenvalue weighted by Crippen LogP contribution is 2.31. The Labute approximate surface area is 336 Å². The van der Waals surface area contributed by atoms with Gasteiger partial charge in [-0.15, -0.1) is 0 Å². The molecule has 23 heteroatoms. The maximum Gasteiger partial charge on any atom is 0.471 e. The number of ether oxygens (including phenoxy) is 2. The molecule has 6 unspecified atom stereocenters. The van der Waals surface area contributed by atoms with Crippen LogP contribution in [-0.4, -0.2) is 96.9 Å². The summed E-state index contributed by atoms with van der Waals surface area (Å²) in [4.78, 5) is 66.2. The number of anilines is 2. The van der Waals surface area contributed by atoms with Gasteiger partial charge in [0, 0.05) is 30.8 Å². The molecule has 6 atom stereocenters. The highest BCUT2D eigenvalue weighted by molar-refractivity contribution is 6.04. The van der Waals surface area contributed by atoms with E-state index in [0.717, 1.165) is 9.13 Å². The molecule has 4 heterocycles. The molecule has 0 radical (unpaired) electrons. The number of carbonyl (C=O) groups excluding carboxylic acids is 3. The predicted octanol–water partition coefficient (Wildman–Crippen LogP) is 1.50. The molecule has 0 saturated carbocycles. The number of aromatic nitrogens is 4. The Bertz CT molecular complexity index is 2280. The molecule has 0 spiro atoms. The Morgan fingerprint density at radius 3 is 1.68 bits per heavy atom. The number of benzene rings is 1. The number of nitrogen functional groups attached to an aromatic ring is 1. The average molecular weight is 853 g/mol. The summed E-state index contributed by atoms with van der Waals surface area (Å²) in [6, 6.07) is 8.05. The van der Waals surface area contributed by atoms with E-state index >= 15 is 0 Å². The van der Waals surface area contributed by atoms with Gasteiger partial charge in [0.1, 0.15) is 18.3 Å². The van der Waals surface area contributed by atoms with E-state index < -0.39 is 91.4 Å². The fraction of sp³-hybridized carbons (Fsp3) is 0.432. The molecule has 1 aromatic carbocycles. The second-order valence-electron chi connectivity index (χ2n) is 12.9. The molecule has 322 valence electrons. The normalized spacial score (nSPS) is 21.0. The molecule has 60 heavy (non-hydrogen) atoms. The van der Waals surface area contributed by atoms with Crippen molar-refractivity contribution in [1.29, 1.82) is 0 Å². The number of aliphatic hydroxyl groups is 2. The molecule has 2 fully saturated rings. The number of nitrogens with zero attached hydrogens (tertiary/aromatic N) is 4. The highest BCUT2D eigenvalue weighted by atomic mass is 19.4. The number of hydrogen-bond acceptors (Lipinski definition) is 12. The van der Waals surface area contributed by atoms with Crippen molar-refractivity contribution in [2.24, 2.45) is 0 Å². The van der Waals surface area contributed by atoms with Crippen molar-refractivity contribution >= 4 is 29.4 Å². The van der Waals surface area contributed by atoms with Crippen molar-refractivity contribution in [3.05, 3.63) is 80.4 Å². The van der Waals surface area contributed by atoms with E-state index in [0.29, 0.717) is 12.8 Å². The second-order valence-corrected chi connectivity index (χ2v) is 12.9. The number of amides is 3. The minimum Gasteiger partial charge on any atom is -0.390 e. The smallest absolute Gasteiger partial charge is 0.390 e. The molecule has 3 aromatic rings. The lowest BCUT2D eigenvalue weighted by atomic mass is 10.1.